The Labute approximate surface area is 152 Å². The smallest absolute Gasteiger partial charge is 0.132 e. The highest BCUT2D eigenvalue weighted by Crippen LogP contribution is 2.29. The van der Waals surface area contributed by atoms with Crippen molar-refractivity contribution >= 4 is 5.82 Å². The highest BCUT2D eigenvalue weighted by atomic mass is 16.3. The second-order valence-electron chi connectivity index (χ2n) is 7.86. The average molecular weight is 347 g/mol. The lowest BCUT2D eigenvalue weighted by molar-refractivity contribution is 0.165. The molecular weight excluding hydrogens is 312 g/mol. The van der Waals surface area contributed by atoms with Gasteiger partial charge in [-0.15, -0.1) is 0 Å². The molecule has 0 bridgehead atoms. The number of rotatable bonds is 6. The zero-order valence-electron chi connectivity index (χ0n) is 16.0. The molecule has 0 radical (unpaired) electrons. The Morgan fingerprint density at radius 1 is 1.08 bits per heavy atom. The van der Waals surface area contributed by atoms with Crippen LogP contribution in [0.1, 0.15) is 50.5 Å². The maximum absolute atomic E-state index is 9.90. The molecule has 0 saturated carbocycles. The van der Waals surface area contributed by atoms with Crippen molar-refractivity contribution < 1.29 is 5.11 Å². The van der Waals surface area contributed by atoms with Crippen LogP contribution < -0.4 is 4.90 Å². The van der Waals surface area contributed by atoms with Crippen molar-refractivity contribution in [2.24, 2.45) is 11.8 Å². The van der Waals surface area contributed by atoms with Crippen molar-refractivity contribution in [3.05, 3.63) is 17.6 Å². The molecule has 3 rings (SSSR count). The molecule has 1 aromatic rings. The van der Waals surface area contributed by atoms with E-state index in [0.717, 1.165) is 49.8 Å². The van der Waals surface area contributed by atoms with Gasteiger partial charge in [0.2, 0.25) is 0 Å². The van der Waals surface area contributed by atoms with Gasteiger partial charge >= 0.3 is 0 Å². The largest absolute Gasteiger partial charge is 0.396 e. The Morgan fingerprint density at radius 2 is 1.80 bits per heavy atom. The molecule has 0 amide bonds. The van der Waals surface area contributed by atoms with Crippen molar-refractivity contribution in [3.63, 3.8) is 0 Å². The number of likely N-dealkylation sites (tertiary alicyclic amines) is 1. The third-order valence-corrected chi connectivity index (χ3v) is 5.69. The standard InChI is InChI=1S/C20H34N4O/c1-3-8-19-21-16(2)11-20(22-19)24-13-17(18(14-24)15-25)12-23-9-6-4-5-7-10-23/h11,17-18,25H,3-10,12-15H2,1-2H3/t17-,18-/m1/s1. The van der Waals surface area contributed by atoms with Gasteiger partial charge in [-0.2, -0.15) is 0 Å². The Balaban J connectivity index is 1.68. The summed E-state index contributed by atoms with van der Waals surface area (Å²) in [5.41, 5.74) is 1.05. The number of hydrogen-bond donors (Lipinski definition) is 1. The molecule has 0 aromatic carbocycles. The Morgan fingerprint density at radius 3 is 2.48 bits per heavy atom. The number of aromatic nitrogens is 2. The number of aliphatic hydroxyl groups is 1. The maximum atomic E-state index is 9.90. The molecule has 2 atom stereocenters. The fourth-order valence-electron chi connectivity index (χ4n) is 4.30. The van der Waals surface area contributed by atoms with E-state index < -0.39 is 0 Å². The minimum absolute atomic E-state index is 0.279. The van der Waals surface area contributed by atoms with Gasteiger partial charge in [0.25, 0.3) is 0 Å². The van der Waals surface area contributed by atoms with Gasteiger partial charge < -0.3 is 14.9 Å². The van der Waals surface area contributed by atoms with E-state index in [9.17, 15) is 5.11 Å². The summed E-state index contributed by atoms with van der Waals surface area (Å²) in [6.45, 7) is 9.98. The van der Waals surface area contributed by atoms with Crippen molar-refractivity contribution in [2.45, 2.75) is 52.4 Å². The van der Waals surface area contributed by atoms with Gasteiger partial charge in [0, 0.05) is 50.3 Å². The summed E-state index contributed by atoms with van der Waals surface area (Å²) < 4.78 is 0. The first-order chi connectivity index (χ1) is 12.2. The number of nitrogens with zero attached hydrogens (tertiary/aromatic N) is 4. The molecule has 0 unspecified atom stereocenters. The quantitative estimate of drug-likeness (QED) is 0.858. The first-order valence-corrected chi connectivity index (χ1v) is 10.1. The van der Waals surface area contributed by atoms with Crippen LogP contribution >= 0.6 is 0 Å². The normalized spacial score (nSPS) is 25.3. The van der Waals surface area contributed by atoms with Gasteiger partial charge in [-0.3, -0.25) is 0 Å². The first-order valence-electron chi connectivity index (χ1n) is 10.1. The molecule has 2 saturated heterocycles. The summed E-state index contributed by atoms with van der Waals surface area (Å²) in [7, 11) is 0. The van der Waals surface area contributed by atoms with Crippen LogP contribution in [-0.2, 0) is 6.42 Å². The summed E-state index contributed by atoms with van der Waals surface area (Å²) in [5, 5.41) is 9.90. The number of aryl methyl sites for hydroxylation is 2. The van der Waals surface area contributed by atoms with E-state index in [1.165, 1.54) is 38.8 Å². The monoisotopic (exact) mass is 346 g/mol. The molecule has 5 heteroatoms. The van der Waals surface area contributed by atoms with Crippen LogP contribution in [0, 0.1) is 18.8 Å². The molecule has 25 heavy (non-hydrogen) atoms. The number of aliphatic hydroxyl groups excluding tert-OH is 1. The number of hydrogen-bond acceptors (Lipinski definition) is 5. The molecule has 5 nitrogen and oxygen atoms in total. The van der Waals surface area contributed by atoms with Crippen LogP contribution in [-0.4, -0.2) is 59.3 Å². The van der Waals surface area contributed by atoms with Gasteiger partial charge in [-0.1, -0.05) is 19.8 Å². The van der Waals surface area contributed by atoms with Crippen molar-refractivity contribution in [2.75, 3.05) is 44.2 Å². The lowest BCUT2D eigenvalue weighted by atomic mass is 9.96. The zero-order valence-corrected chi connectivity index (χ0v) is 16.0. The Bertz CT molecular complexity index is 542. The third kappa shape index (κ3) is 4.91. The van der Waals surface area contributed by atoms with E-state index >= 15 is 0 Å². The number of anilines is 1. The van der Waals surface area contributed by atoms with E-state index in [4.69, 9.17) is 4.98 Å². The average Bonchev–Trinajstić information content (AvgIpc) is 2.82. The second kappa shape index (κ2) is 8.95. The van der Waals surface area contributed by atoms with Crippen LogP contribution in [0.4, 0.5) is 5.82 Å². The second-order valence-corrected chi connectivity index (χ2v) is 7.86. The Hall–Kier alpha value is -1.20. The highest BCUT2D eigenvalue weighted by molar-refractivity contribution is 5.41. The molecule has 1 aromatic heterocycles. The zero-order chi connectivity index (χ0) is 17.6. The lowest BCUT2D eigenvalue weighted by Crippen LogP contribution is -2.34. The summed E-state index contributed by atoms with van der Waals surface area (Å²) in [5.74, 6) is 2.89. The fourth-order valence-corrected chi connectivity index (χ4v) is 4.30. The maximum Gasteiger partial charge on any atom is 0.132 e. The molecule has 1 N–H and O–H groups in total. The predicted molar refractivity (Wildman–Crippen MR) is 102 cm³/mol. The molecule has 2 aliphatic rings. The SMILES string of the molecule is CCCc1nc(C)cc(N2C[C@@H](CN3CCCCCC3)[C@@H](CO)C2)n1. The topological polar surface area (TPSA) is 52.5 Å². The molecule has 0 aliphatic carbocycles. The van der Waals surface area contributed by atoms with E-state index in [1.807, 2.05) is 0 Å². The van der Waals surface area contributed by atoms with Gasteiger partial charge in [-0.25, -0.2) is 9.97 Å². The molecular formula is C20H34N4O. The Kier molecular flexibility index (Phi) is 6.65. The van der Waals surface area contributed by atoms with E-state index in [2.05, 4.69) is 34.7 Å². The van der Waals surface area contributed by atoms with Crippen molar-refractivity contribution in [1.29, 1.82) is 0 Å². The highest BCUT2D eigenvalue weighted by Gasteiger charge is 2.34. The van der Waals surface area contributed by atoms with Gasteiger partial charge in [-0.05, 0) is 45.2 Å². The van der Waals surface area contributed by atoms with Crippen LogP contribution in [0.5, 0.6) is 0 Å². The lowest BCUT2D eigenvalue weighted by Gasteiger charge is -2.26. The molecule has 2 fully saturated rings. The molecule has 0 spiro atoms. The van der Waals surface area contributed by atoms with Crippen LogP contribution in [0.3, 0.4) is 0 Å². The predicted octanol–water partition coefficient (Wildman–Crippen LogP) is 2.66. The van der Waals surface area contributed by atoms with Crippen LogP contribution in [0.2, 0.25) is 0 Å². The minimum atomic E-state index is 0.279. The molecule has 2 aliphatic heterocycles. The van der Waals surface area contributed by atoms with Gasteiger partial charge in [0.15, 0.2) is 0 Å². The summed E-state index contributed by atoms with van der Waals surface area (Å²) in [6.07, 6.45) is 7.40. The van der Waals surface area contributed by atoms with Crippen molar-refractivity contribution in [1.82, 2.24) is 14.9 Å². The van der Waals surface area contributed by atoms with E-state index in [1.54, 1.807) is 0 Å². The van der Waals surface area contributed by atoms with Gasteiger partial charge in [0.05, 0.1) is 0 Å². The van der Waals surface area contributed by atoms with Crippen LogP contribution in [0.25, 0.3) is 0 Å². The fraction of sp³-hybridized carbons (Fsp3) is 0.800. The van der Waals surface area contributed by atoms with Gasteiger partial charge in [0.1, 0.15) is 11.6 Å². The summed E-state index contributed by atoms with van der Waals surface area (Å²) >= 11 is 0. The first kappa shape index (κ1) is 18.6. The van der Waals surface area contributed by atoms with E-state index in [-0.39, 0.29) is 6.61 Å². The van der Waals surface area contributed by atoms with Crippen LogP contribution in [0.15, 0.2) is 6.07 Å². The minimum Gasteiger partial charge on any atom is -0.396 e. The van der Waals surface area contributed by atoms with Crippen molar-refractivity contribution in [3.8, 4) is 0 Å². The third-order valence-electron chi connectivity index (χ3n) is 5.69. The summed E-state index contributed by atoms with van der Waals surface area (Å²) in [6, 6.07) is 2.10. The summed E-state index contributed by atoms with van der Waals surface area (Å²) in [4.78, 5) is 14.3. The van der Waals surface area contributed by atoms with E-state index in [0.29, 0.717) is 11.8 Å². The molecule has 140 valence electrons. The molecule has 3 heterocycles.